The molecular weight excluding hydrogens is 196 g/mol. The van der Waals surface area contributed by atoms with Gasteiger partial charge < -0.3 is 0 Å². The maximum Gasteiger partial charge on any atom is 0.0238 e. The molecule has 2 fully saturated rings. The Hall–Kier alpha value is -0.0800. The number of hydrogen-bond donors (Lipinski definition) is 0. The lowest BCUT2D eigenvalue weighted by Gasteiger charge is -2.35. The minimum atomic E-state index is 0.333. The summed E-state index contributed by atoms with van der Waals surface area (Å²) in [5, 5.41) is 0. The fourth-order valence-electron chi connectivity index (χ4n) is 3.50. The first kappa shape index (κ1) is 12.4. The Balaban J connectivity index is 1.96. The van der Waals surface area contributed by atoms with Crippen molar-refractivity contribution in [3.8, 4) is 0 Å². The highest BCUT2D eigenvalue weighted by Crippen LogP contribution is 2.31. The van der Waals surface area contributed by atoms with Gasteiger partial charge in [-0.1, -0.05) is 6.92 Å². The molecule has 0 saturated carbocycles. The zero-order chi connectivity index (χ0) is 11.9. The molecule has 2 heterocycles. The highest BCUT2D eigenvalue weighted by Gasteiger charge is 2.39. The van der Waals surface area contributed by atoms with Gasteiger partial charge in [-0.3, -0.25) is 9.80 Å². The summed E-state index contributed by atoms with van der Waals surface area (Å²) in [5.74, 6) is 0.916. The van der Waals surface area contributed by atoms with E-state index in [4.69, 9.17) is 0 Å². The third-order valence-electron chi connectivity index (χ3n) is 4.39. The van der Waals surface area contributed by atoms with Crippen molar-refractivity contribution in [2.24, 2.45) is 5.92 Å². The van der Waals surface area contributed by atoms with Crippen LogP contribution in [0, 0.1) is 5.92 Å². The molecule has 94 valence electrons. The molecule has 2 heteroatoms. The predicted molar refractivity (Wildman–Crippen MR) is 69.7 cm³/mol. The van der Waals surface area contributed by atoms with E-state index in [0.29, 0.717) is 5.54 Å². The standard InChI is InChI=1S/C14H28N2/c1-11-6-7-15(9-11)13-8-12(2)16(10-13)14(3,4)5/h11-13H,6-10H2,1-5H3. The van der Waals surface area contributed by atoms with Crippen LogP contribution in [0.4, 0.5) is 0 Å². The van der Waals surface area contributed by atoms with Crippen LogP contribution in [-0.2, 0) is 0 Å². The zero-order valence-corrected chi connectivity index (χ0v) is 11.7. The summed E-state index contributed by atoms with van der Waals surface area (Å²) in [7, 11) is 0. The summed E-state index contributed by atoms with van der Waals surface area (Å²) >= 11 is 0. The van der Waals surface area contributed by atoms with Crippen LogP contribution >= 0.6 is 0 Å². The van der Waals surface area contributed by atoms with Crippen molar-refractivity contribution in [2.75, 3.05) is 19.6 Å². The smallest absolute Gasteiger partial charge is 0.0238 e. The second-order valence-corrected chi connectivity index (χ2v) is 6.95. The van der Waals surface area contributed by atoms with Gasteiger partial charge in [-0.15, -0.1) is 0 Å². The van der Waals surface area contributed by atoms with Crippen molar-refractivity contribution in [1.29, 1.82) is 0 Å². The molecule has 2 aliphatic rings. The molecule has 2 aliphatic heterocycles. The van der Waals surface area contributed by atoms with Crippen LogP contribution in [-0.4, -0.2) is 47.1 Å². The van der Waals surface area contributed by atoms with Gasteiger partial charge in [-0.2, -0.15) is 0 Å². The number of rotatable bonds is 1. The van der Waals surface area contributed by atoms with E-state index in [1.165, 1.54) is 32.5 Å². The van der Waals surface area contributed by atoms with Crippen molar-refractivity contribution >= 4 is 0 Å². The van der Waals surface area contributed by atoms with E-state index in [9.17, 15) is 0 Å². The lowest BCUT2D eigenvalue weighted by molar-refractivity contribution is 0.120. The Bertz CT molecular complexity index is 244. The Kier molecular flexibility index (Phi) is 3.33. The van der Waals surface area contributed by atoms with Crippen LogP contribution in [0.15, 0.2) is 0 Å². The first-order chi connectivity index (χ1) is 7.38. The predicted octanol–water partition coefficient (Wildman–Crippen LogP) is 2.59. The number of likely N-dealkylation sites (tertiary alicyclic amines) is 2. The Morgan fingerprint density at radius 3 is 2.19 bits per heavy atom. The van der Waals surface area contributed by atoms with Gasteiger partial charge in [-0.05, 0) is 53.0 Å². The minimum Gasteiger partial charge on any atom is -0.299 e. The normalized spacial score (nSPS) is 38.4. The molecule has 0 radical (unpaired) electrons. The molecule has 2 saturated heterocycles. The van der Waals surface area contributed by atoms with Gasteiger partial charge >= 0.3 is 0 Å². The lowest BCUT2D eigenvalue weighted by atomic mass is 10.1. The molecule has 0 N–H and O–H groups in total. The first-order valence-electron chi connectivity index (χ1n) is 6.88. The maximum atomic E-state index is 2.73. The van der Waals surface area contributed by atoms with Crippen molar-refractivity contribution in [3.63, 3.8) is 0 Å². The van der Waals surface area contributed by atoms with Gasteiger partial charge in [0.05, 0.1) is 0 Å². The molecule has 0 aromatic rings. The highest BCUT2D eigenvalue weighted by atomic mass is 15.3. The minimum absolute atomic E-state index is 0.333. The summed E-state index contributed by atoms with van der Waals surface area (Å²) in [6.45, 7) is 15.8. The zero-order valence-electron chi connectivity index (χ0n) is 11.7. The number of hydrogen-bond acceptors (Lipinski definition) is 2. The quantitative estimate of drug-likeness (QED) is 0.675. The molecular formula is C14H28N2. The van der Waals surface area contributed by atoms with Crippen molar-refractivity contribution in [2.45, 2.75) is 65.1 Å². The fourth-order valence-corrected chi connectivity index (χ4v) is 3.50. The number of nitrogens with zero attached hydrogens (tertiary/aromatic N) is 2. The molecule has 0 aromatic carbocycles. The second kappa shape index (κ2) is 4.30. The summed E-state index contributed by atoms with van der Waals surface area (Å²) in [6, 6.07) is 1.57. The fraction of sp³-hybridized carbons (Fsp3) is 1.00. The molecule has 2 nitrogen and oxygen atoms in total. The summed E-state index contributed by atoms with van der Waals surface area (Å²) in [4.78, 5) is 5.41. The van der Waals surface area contributed by atoms with Crippen LogP contribution in [0.1, 0.15) is 47.5 Å². The first-order valence-corrected chi connectivity index (χ1v) is 6.88. The van der Waals surface area contributed by atoms with Crippen LogP contribution in [0.25, 0.3) is 0 Å². The Morgan fingerprint density at radius 1 is 1.06 bits per heavy atom. The van der Waals surface area contributed by atoms with E-state index in [-0.39, 0.29) is 0 Å². The highest BCUT2D eigenvalue weighted by molar-refractivity contribution is 4.95. The second-order valence-electron chi connectivity index (χ2n) is 6.95. The molecule has 16 heavy (non-hydrogen) atoms. The van der Waals surface area contributed by atoms with Gasteiger partial charge in [0, 0.05) is 30.7 Å². The largest absolute Gasteiger partial charge is 0.299 e. The van der Waals surface area contributed by atoms with E-state index < -0.39 is 0 Å². The molecule has 0 aromatic heterocycles. The monoisotopic (exact) mass is 224 g/mol. The van der Waals surface area contributed by atoms with Crippen LogP contribution < -0.4 is 0 Å². The third-order valence-corrected chi connectivity index (χ3v) is 4.39. The average Bonchev–Trinajstić information content (AvgIpc) is 2.70. The van der Waals surface area contributed by atoms with E-state index in [1.54, 1.807) is 0 Å². The maximum absolute atomic E-state index is 2.73. The van der Waals surface area contributed by atoms with E-state index in [0.717, 1.165) is 18.0 Å². The van der Waals surface area contributed by atoms with Gasteiger partial charge in [0.25, 0.3) is 0 Å². The Morgan fingerprint density at radius 2 is 1.75 bits per heavy atom. The van der Waals surface area contributed by atoms with Crippen molar-refractivity contribution < 1.29 is 0 Å². The summed E-state index contributed by atoms with van der Waals surface area (Å²) in [5.41, 5.74) is 0.333. The lowest BCUT2D eigenvalue weighted by Crippen LogP contribution is -2.45. The molecule has 3 unspecified atom stereocenters. The molecule has 0 spiro atoms. The SMILES string of the molecule is CC1CCN(C2CC(C)N(C(C)(C)C)C2)C1. The Labute approximate surface area is 101 Å². The van der Waals surface area contributed by atoms with Crippen molar-refractivity contribution in [1.82, 2.24) is 9.80 Å². The van der Waals surface area contributed by atoms with E-state index in [2.05, 4.69) is 44.4 Å². The summed E-state index contributed by atoms with van der Waals surface area (Å²) < 4.78 is 0. The molecule has 0 aliphatic carbocycles. The van der Waals surface area contributed by atoms with E-state index >= 15 is 0 Å². The van der Waals surface area contributed by atoms with Gasteiger partial charge in [0.15, 0.2) is 0 Å². The average molecular weight is 224 g/mol. The molecule has 0 bridgehead atoms. The van der Waals surface area contributed by atoms with Gasteiger partial charge in [0.2, 0.25) is 0 Å². The molecule has 0 amide bonds. The third kappa shape index (κ3) is 2.43. The van der Waals surface area contributed by atoms with Gasteiger partial charge in [0.1, 0.15) is 0 Å². The molecule has 2 rings (SSSR count). The topological polar surface area (TPSA) is 6.48 Å². The molecule has 3 atom stereocenters. The summed E-state index contributed by atoms with van der Waals surface area (Å²) in [6.07, 6.45) is 2.77. The van der Waals surface area contributed by atoms with E-state index in [1.807, 2.05) is 0 Å². The van der Waals surface area contributed by atoms with Gasteiger partial charge in [-0.25, -0.2) is 0 Å². The van der Waals surface area contributed by atoms with Crippen molar-refractivity contribution in [3.05, 3.63) is 0 Å². The van der Waals surface area contributed by atoms with Crippen LogP contribution in [0.3, 0.4) is 0 Å². The van der Waals surface area contributed by atoms with Crippen LogP contribution in [0.5, 0.6) is 0 Å². The van der Waals surface area contributed by atoms with Crippen LogP contribution in [0.2, 0.25) is 0 Å².